The van der Waals surface area contributed by atoms with Crippen LogP contribution in [0.3, 0.4) is 0 Å². The number of hydrogen-bond acceptors (Lipinski definition) is 8. The van der Waals surface area contributed by atoms with Gasteiger partial charge in [-0.1, -0.05) is 31.2 Å². The zero-order valence-electron chi connectivity index (χ0n) is 18.3. The van der Waals surface area contributed by atoms with Crippen molar-refractivity contribution in [3.05, 3.63) is 50.9 Å². The molecule has 1 unspecified atom stereocenters. The Morgan fingerprint density at radius 1 is 1.19 bits per heavy atom. The number of carbonyl (C=O) groups excluding carboxylic acids is 1. The number of carbonyl (C=O) groups is 1. The summed E-state index contributed by atoms with van der Waals surface area (Å²) in [6.45, 7) is 3.89. The summed E-state index contributed by atoms with van der Waals surface area (Å²) in [6.07, 6.45) is 2.09. The van der Waals surface area contributed by atoms with Gasteiger partial charge in [0.25, 0.3) is 5.56 Å². The maximum atomic E-state index is 13.2. The quantitative estimate of drug-likeness (QED) is 0.275. The van der Waals surface area contributed by atoms with Crippen molar-refractivity contribution in [3.8, 4) is 11.5 Å². The third-order valence-electron chi connectivity index (χ3n) is 5.10. The number of rotatable bonds is 8. The lowest BCUT2D eigenvalue weighted by atomic mass is 9.82. The molecular weight excluding hydrogens is 418 g/mol. The van der Waals surface area contributed by atoms with Gasteiger partial charge in [-0.25, -0.2) is 9.78 Å². The van der Waals surface area contributed by atoms with Gasteiger partial charge in [0.2, 0.25) is 0 Å². The number of ether oxygens (including phenoxy) is 3. The zero-order chi connectivity index (χ0) is 22.5. The Morgan fingerprint density at radius 2 is 1.94 bits per heavy atom. The smallest absolute Gasteiger partial charge is 0.336 e. The number of fused-ring (bicyclic) bond motifs is 1. The van der Waals surface area contributed by atoms with Crippen LogP contribution in [0, 0.1) is 0 Å². The minimum absolute atomic E-state index is 0.301. The molecule has 1 atom stereocenters. The predicted molar refractivity (Wildman–Crippen MR) is 120 cm³/mol. The number of nitrogens with zero attached hydrogens (tertiary/aromatic N) is 1. The normalized spacial score (nSPS) is 15.2. The third kappa shape index (κ3) is 4.56. The van der Waals surface area contributed by atoms with Gasteiger partial charge in [0.1, 0.15) is 5.82 Å². The van der Waals surface area contributed by atoms with E-state index in [9.17, 15) is 9.59 Å². The fourth-order valence-corrected chi connectivity index (χ4v) is 4.51. The Labute approximate surface area is 185 Å². The highest BCUT2D eigenvalue weighted by Gasteiger charge is 2.36. The van der Waals surface area contributed by atoms with E-state index in [-0.39, 0.29) is 5.56 Å². The van der Waals surface area contributed by atoms with Crippen molar-refractivity contribution in [2.45, 2.75) is 37.8 Å². The van der Waals surface area contributed by atoms with Gasteiger partial charge in [0.05, 0.1) is 38.4 Å². The molecule has 8 nitrogen and oxygen atoms in total. The van der Waals surface area contributed by atoms with Crippen molar-refractivity contribution >= 4 is 23.5 Å². The van der Waals surface area contributed by atoms with Gasteiger partial charge < -0.3 is 24.5 Å². The number of anilines is 1. The number of esters is 1. The van der Waals surface area contributed by atoms with Crippen LogP contribution >= 0.6 is 11.8 Å². The number of H-pyrrole nitrogens is 1. The van der Waals surface area contributed by atoms with Crippen LogP contribution in [-0.4, -0.2) is 43.0 Å². The van der Waals surface area contributed by atoms with Crippen molar-refractivity contribution in [3.63, 3.8) is 0 Å². The average Bonchev–Trinajstić information content (AvgIpc) is 2.77. The van der Waals surface area contributed by atoms with E-state index in [2.05, 4.69) is 22.2 Å². The van der Waals surface area contributed by atoms with Crippen LogP contribution in [-0.2, 0) is 9.53 Å². The summed E-state index contributed by atoms with van der Waals surface area (Å²) in [5.74, 6) is 1.16. The number of hydrogen-bond donors (Lipinski definition) is 2. The second-order valence-corrected chi connectivity index (χ2v) is 8.12. The number of aromatic amines is 1. The van der Waals surface area contributed by atoms with E-state index < -0.39 is 11.9 Å². The van der Waals surface area contributed by atoms with Gasteiger partial charge in [-0.3, -0.25) is 4.79 Å². The Hall–Kier alpha value is -2.94. The molecule has 0 bridgehead atoms. The first-order chi connectivity index (χ1) is 14.9. The van der Waals surface area contributed by atoms with Crippen LogP contribution in [0.15, 0.2) is 39.4 Å². The van der Waals surface area contributed by atoms with Crippen LogP contribution in [0.1, 0.15) is 43.7 Å². The molecule has 0 spiro atoms. The van der Waals surface area contributed by atoms with E-state index in [0.29, 0.717) is 44.9 Å². The monoisotopic (exact) mass is 445 g/mol. The van der Waals surface area contributed by atoms with E-state index >= 15 is 0 Å². The fraction of sp³-hybridized carbons (Fsp3) is 0.409. The predicted octanol–water partition coefficient (Wildman–Crippen LogP) is 3.68. The molecule has 1 aliphatic rings. The lowest BCUT2D eigenvalue weighted by molar-refractivity contribution is -0.136. The van der Waals surface area contributed by atoms with Gasteiger partial charge in [-0.2, -0.15) is 0 Å². The van der Waals surface area contributed by atoms with Crippen LogP contribution in [0.4, 0.5) is 5.82 Å². The second kappa shape index (κ2) is 9.91. The number of benzene rings is 1. The molecule has 2 N–H and O–H groups in total. The molecule has 166 valence electrons. The highest BCUT2D eigenvalue weighted by Crippen LogP contribution is 2.42. The van der Waals surface area contributed by atoms with Gasteiger partial charge in [-0.15, -0.1) is 0 Å². The SMILES string of the molecule is CCCCSc1nc2c(c(=O)[nH]1)C(c1ccc(OC)c(OC)c1)C(C(=O)OC)=C(C)N2. The van der Waals surface area contributed by atoms with Crippen LogP contribution < -0.4 is 20.3 Å². The lowest BCUT2D eigenvalue weighted by Gasteiger charge is -2.29. The van der Waals surface area contributed by atoms with Crippen molar-refractivity contribution in [1.82, 2.24) is 9.97 Å². The second-order valence-electron chi connectivity index (χ2n) is 7.04. The Balaban J connectivity index is 2.18. The van der Waals surface area contributed by atoms with Gasteiger partial charge in [0, 0.05) is 11.4 Å². The molecule has 0 saturated carbocycles. The molecule has 1 aromatic heterocycles. The molecule has 3 rings (SSSR count). The molecule has 9 heteroatoms. The molecule has 1 aliphatic heterocycles. The van der Waals surface area contributed by atoms with E-state index in [1.54, 1.807) is 32.2 Å². The highest BCUT2D eigenvalue weighted by atomic mass is 32.2. The van der Waals surface area contributed by atoms with E-state index in [0.717, 1.165) is 18.6 Å². The number of nitrogens with one attached hydrogen (secondary N) is 2. The Bertz CT molecular complexity index is 1060. The summed E-state index contributed by atoms with van der Waals surface area (Å²) in [6, 6.07) is 5.32. The first-order valence-corrected chi connectivity index (χ1v) is 11.0. The summed E-state index contributed by atoms with van der Waals surface area (Å²) in [5, 5.41) is 3.67. The molecular formula is C22H27N3O5S. The third-order valence-corrected chi connectivity index (χ3v) is 6.06. The molecule has 0 radical (unpaired) electrons. The molecule has 0 saturated heterocycles. The first kappa shape index (κ1) is 22.7. The largest absolute Gasteiger partial charge is 0.493 e. The molecule has 0 fully saturated rings. The molecule has 2 aromatic rings. The van der Waals surface area contributed by atoms with E-state index in [1.165, 1.54) is 26.0 Å². The van der Waals surface area contributed by atoms with Gasteiger partial charge in [-0.05, 0) is 31.0 Å². The molecule has 31 heavy (non-hydrogen) atoms. The summed E-state index contributed by atoms with van der Waals surface area (Å²) in [7, 11) is 4.40. The van der Waals surface area contributed by atoms with Crippen molar-refractivity contribution < 1.29 is 19.0 Å². The maximum Gasteiger partial charge on any atom is 0.336 e. The maximum absolute atomic E-state index is 13.2. The van der Waals surface area contributed by atoms with Crippen LogP contribution in [0.2, 0.25) is 0 Å². The lowest BCUT2D eigenvalue weighted by Crippen LogP contribution is -2.31. The Kier molecular flexibility index (Phi) is 7.27. The topological polar surface area (TPSA) is 103 Å². The minimum atomic E-state index is -0.672. The van der Waals surface area contributed by atoms with Crippen molar-refractivity contribution in [1.29, 1.82) is 0 Å². The van der Waals surface area contributed by atoms with Crippen LogP contribution in [0.25, 0.3) is 0 Å². The number of aromatic nitrogens is 2. The first-order valence-electron chi connectivity index (χ1n) is 10.00. The average molecular weight is 446 g/mol. The standard InChI is InChI=1S/C22H27N3O5S/c1-6-7-10-31-22-24-19-18(20(26)25-22)17(16(12(2)23-19)21(27)30-5)13-8-9-14(28-3)15(11-13)29-4/h8-9,11,17H,6-7,10H2,1-5H3,(H2,23,24,25,26). The molecule has 1 aromatic carbocycles. The van der Waals surface area contributed by atoms with Crippen LogP contribution in [0.5, 0.6) is 11.5 Å². The fourth-order valence-electron chi connectivity index (χ4n) is 3.56. The van der Waals surface area contributed by atoms with Gasteiger partial charge in [0.15, 0.2) is 16.7 Å². The summed E-state index contributed by atoms with van der Waals surface area (Å²) in [5.41, 5.74) is 1.68. The summed E-state index contributed by atoms with van der Waals surface area (Å²) in [4.78, 5) is 33.3. The molecule has 0 aliphatic carbocycles. The highest BCUT2D eigenvalue weighted by molar-refractivity contribution is 7.99. The van der Waals surface area contributed by atoms with E-state index in [4.69, 9.17) is 14.2 Å². The number of unbranched alkanes of at least 4 members (excludes halogenated alkanes) is 1. The van der Waals surface area contributed by atoms with Crippen molar-refractivity contribution in [2.24, 2.45) is 0 Å². The van der Waals surface area contributed by atoms with E-state index in [1.807, 2.05) is 0 Å². The molecule has 2 heterocycles. The zero-order valence-corrected chi connectivity index (χ0v) is 19.1. The minimum Gasteiger partial charge on any atom is -0.493 e. The van der Waals surface area contributed by atoms with Gasteiger partial charge >= 0.3 is 5.97 Å². The number of allylic oxidation sites excluding steroid dienone is 1. The Morgan fingerprint density at radius 3 is 2.58 bits per heavy atom. The van der Waals surface area contributed by atoms with Crippen molar-refractivity contribution in [2.75, 3.05) is 32.4 Å². The number of methoxy groups -OCH3 is 3. The molecule has 0 amide bonds. The summed E-state index contributed by atoms with van der Waals surface area (Å²) >= 11 is 1.50. The summed E-state index contributed by atoms with van der Waals surface area (Å²) < 4.78 is 15.8. The number of thioether (sulfide) groups is 1.